The maximum Gasteiger partial charge on any atom is 0.416 e. The van der Waals surface area contributed by atoms with Crippen molar-refractivity contribution in [1.82, 2.24) is 5.32 Å². The Morgan fingerprint density at radius 3 is 2.52 bits per heavy atom. The van der Waals surface area contributed by atoms with Gasteiger partial charge in [0, 0.05) is 24.6 Å². The van der Waals surface area contributed by atoms with Crippen molar-refractivity contribution in [3.05, 3.63) is 29.8 Å². The minimum Gasteiger partial charge on any atom is -0.353 e. The Balaban J connectivity index is 1.74. The standard InChI is InChI=1S/C20H27F3N2O2/c1-13-6-3-9-17(14(13)2)25-19(27)11-5-10-18(26)24-16-8-4-7-15(12-16)20(21,22)23/h4,7-8,12-14,17H,3,5-6,9-11H2,1-2H3,(H,24,26)(H,25,27)/t13-,14+,17-/m0/s1. The van der Waals surface area contributed by atoms with Crippen LogP contribution in [-0.4, -0.2) is 17.9 Å². The smallest absolute Gasteiger partial charge is 0.353 e. The molecule has 1 aromatic carbocycles. The molecule has 0 radical (unpaired) electrons. The predicted molar refractivity (Wildman–Crippen MR) is 98.0 cm³/mol. The zero-order chi connectivity index (χ0) is 20.0. The number of carbonyl (C=O) groups excluding carboxylic acids is 2. The summed E-state index contributed by atoms with van der Waals surface area (Å²) < 4.78 is 38.1. The molecule has 1 aliphatic rings. The van der Waals surface area contributed by atoms with Gasteiger partial charge < -0.3 is 10.6 Å². The van der Waals surface area contributed by atoms with Crippen LogP contribution in [0, 0.1) is 11.8 Å². The molecule has 0 unspecified atom stereocenters. The van der Waals surface area contributed by atoms with Crippen LogP contribution in [0.15, 0.2) is 24.3 Å². The van der Waals surface area contributed by atoms with Crippen LogP contribution in [0.25, 0.3) is 0 Å². The third-order valence-electron chi connectivity index (χ3n) is 5.33. The second kappa shape index (κ2) is 9.24. The molecule has 27 heavy (non-hydrogen) atoms. The van der Waals surface area contributed by atoms with Gasteiger partial charge >= 0.3 is 6.18 Å². The molecule has 2 N–H and O–H groups in total. The Hall–Kier alpha value is -2.05. The first kappa shape index (κ1) is 21.3. The van der Waals surface area contributed by atoms with Crippen LogP contribution in [0.2, 0.25) is 0 Å². The summed E-state index contributed by atoms with van der Waals surface area (Å²) in [6.07, 6.45) is -0.514. The lowest BCUT2D eigenvalue weighted by Gasteiger charge is -2.34. The summed E-state index contributed by atoms with van der Waals surface area (Å²) in [4.78, 5) is 24.0. The maximum absolute atomic E-state index is 12.7. The van der Waals surface area contributed by atoms with Crippen molar-refractivity contribution in [2.45, 2.75) is 64.6 Å². The monoisotopic (exact) mass is 384 g/mol. The normalized spacial score (nSPS) is 22.9. The van der Waals surface area contributed by atoms with Crippen molar-refractivity contribution in [1.29, 1.82) is 0 Å². The van der Waals surface area contributed by atoms with Crippen LogP contribution in [0.4, 0.5) is 18.9 Å². The minimum absolute atomic E-state index is 0.0761. The molecule has 1 fully saturated rings. The summed E-state index contributed by atoms with van der Waals surface area (Å²) in [5.74, 6) is 0.545. The van der Waals surface area contributed by atoms with Gasteiger partial charge in [0.25, 0.3) is 0 Å². The second-order valence-corrected chi connectivity index (χ2v) is 7.42. The largest absolute Gasteiger partial charge is 0.416 e. The second-order valence-electron chi connectivity index (χ2n) is 7.42. The summed E-state index contributed by atoms with van der Waals surface area (Å²) in [5.41, 5.74) is -0.709. The number of halogens is 3. The third kappa shape index (κ3) is 6.56. The fraction of sp³-hybridized carbons (Fsp3) is 0.600. The summed E-state index contributed by atoms with van der Waals surface area (Å²) in [6, 6.07) is 4.69. The van der Waals surface area contributed by atoms with Gasteiger partial charge in [-0.2, -0.15) is 13.2 Å². The van der Waals surface area contributed by atoms with Gasteiger partial charge in [-0.05, 0) is 42.9 Å². The van der Waals surface area contributed by atoms with Crippen LogP contribution >= 0.6 is 0 Å². The number of carbonyl (C=O) groups is 2. The molecular formula is C20H27F3N2O2. The number of alkyl halides is 3. The molecular weight excluding hydrogens is 357 g/mol. The van der Waals surface area contributed by atoms with E-state index in [1.54, 1.807) is 0 Å². The molecule has 0 bridgehead atoms. The highest BCUT2D eigenvalue weighted by Gasteiger charge is 2.30. The fourth-order valence-corrected chi connectivity index (χ4v) is 3.47. The van der Waals surface area contributed by atoms with Gasteiger partial charge in [0.1, 0.15) is 0 Å². The van der Waals surface area contributed by atoms with E-state index >= 15 is 0 Å². The summed E-state index contributed by atoms with van der Waals surface area (Å²) in [7, 11) is 0. The van der Waals surface area contributed by atoms with Crippen LogP contribution < -0.4 is 10.6 Å². The molecule has 1 aliphatic carbocycles. The Labute approximate surface area is 157 Å². The Kier molecular flexibility index (Phi) is 7.27. The molecule has 2 amide bonds. The lowest BCUT2D eigenvalue weighted by molar-refractivity contribution is -0.137. The average molecular weight is 384 g/mol. The predicted octanol–water partition coefficient (Wildman–Crippen LogP) is 4.76. The number of benzene rings is 1. The first-order valence-electron chi connectivity index (χ1n) is 9.43. The zero-order valence-electron chi connectivity index (χ0n) is 15.7. The molecule has 150 valence electrons. The first-order chi connectivity index (χ1) is 12.7. The quantitative estimate of drug-likeness (QED) is 0.743. The Morgan fingerprint density at radius 2 is 1.81 bits per heavy atom. The molecule has 4 nitrogen and oxygen atoms in total. The minimum atomic E-state index is -4.45. The first-order valence-corrected chi connectivity index (χ1v) is 9.43. The summed E-state index contributed by atoms with van der Waals surface area (Å²) >= 11 is 0. The summed E-state index contributed by atoms with van der Waals surface area (Å²) in [5, 5.41) is 5.50. The molecule has 3 atom stereocenters. The SMILES string of the molecule is C[C@H]1[C@@H](NC(=O)CCCC(=O)Nc2cccc(C(F)(F)F)c2)CCC[C@@H]1C. The van der Waals surface area contributed by atoms with Gasteiger partial charge in [-0.25, -0.2) is 0 Å². The summed E-state index contributed by atoms with van der Waals surface area (Å²) in [6.45, 7) is 4.35. The van der Waals surface area contributed by atoms with Crippen LogP contribution in [0.3, 0.4) is 0 Å². The van der Waals surface area contributed by atoms with Gasteiger partial charge in [0.05, 0.1) is 5.56 Å². The highest BCUT2D eigenvalue weighted by atomic mass is 19.4. The number of hydrogen-bond donors (Lipinski definition) is 2. The number of anilines is 1. The van der Waals surface area contributed by atoms with Gasteiger partial charge in [-0.1, -0.05) is 32.8 Å². The van der Waals surface area contributed by atoms with E-state index in [2.05, 4.69) is 24.5 Å². The molecule has 0 aliphatic heterocycles. The van der Waals surface area contributed by atoms with Crippen LogP contribution in [0.5, 0.6) is 0 Å². The van der Waals surface area contributed by atoms with Gasteiger partial charge in [0.2, 0.25) is 11.8 Å². The Bertz CT molecular complexity index is 661. The van der Waals surface area contributed by atoms with E-state index in [9.17, 15) is 22.8 Å². The zero-order valence-corrected chi connectivity index (χ0v) is 15.7. The molecule has 2 rings (SSSR count). The molecule has 0 aromatic heterocycles. The lowest BCUT2D eigenvalue weighted by Crippen LogP contribution is -2.43. The fourth-order valence-electron chi connectivity index (χ4n) is 3.47. The van der Waals surface area contributed by atoms with E-state index in [4.69, 9.17) is 0 Å². The highest BCUT2D eigenvalue weighted by Crippen LogP contribution is 2.31. The van der Waals surface area contributed by atoms with E-state index in [0.717, 1.165) is 25.0 Å². The maximum atomic E-state index is 12.7. The number of rotatable bonds is 6. The molecule has 0 spiro atoms. The molecule has 0 heterocycles. The van der Waals surface area contributed by atoms with E-state index < -0.39 is 17.6 Å². The lowest BCUT2D eigenvalue weighted by atomic mass is 9.78. The average Bonchev–Trinajstić information content (AvgIpc) is 2.58. The van der Waals surface area contributed by atoms with E-state index in [1.165, 1.54) is 18.6 Å². The van der Waals surface area contributed by atoms with Crippen molar-refractivity contribution in [2.75, 3.05) is 5.32 Å². The van der Waals surface area contributed by atoms with Crippen molar-refractivity contribution in [3.63, 3.8) is 0 Å². The number of nitrogens with one attached hydrogen (secondary N) is 2. The third-order valence-corrected chi connectivity index (χ3v) is 5.33. The van der Waals surface area contributed by atoms with Gasteiger partial charge in [-0.15, -0.1) is 0 Å². The molecule has 1 aromatic rings. The van der Waals surface area contributed by atoms with Gasteiger partial charge in [-0.3, -0.25) is 9.59 Å². The molecule has 0 saturated heterocycles. The topological polar surface area (TPSA) is 58.2 Å². The van der Waals surface area contributed by atoms with E-state index in [1.807, 2.05) is 0 Å². The molecule has 1 saturated carbocycles. The van der Waals surface area contributed by atoms with Crippen molar-refractivity contribution in [2.24, 2.45) is 11.8 Å². The van der Waals surface area contributed by atoms with Crippen molar-refractivity contribution in [3.8, 4) is 0 Å². The number of hydrogen-bond acceptors (Lipinski definition) is 2. The van der Waals surface area contributed by atoms with Crippen molar-refractivity contribution >= 4 is 17.5 Å². The van der Waals surface area contributed by atoms with E-state index in [-0.39, 0.29) is 30.5 Å². The Morgan fingerprint density at radius 1 is 1.11 bits per heavy atom. The van der Waals surface area contributed by atoms with E-state index in [0.29, 0.717) is 18.3 Å². The molecule has 7 heteroatoms. The van der Waals surface area contributed by atoms with Crippen LogP contribution in [-0.2, 0) is 15.8 Å². The van der Waals surface area contributed by atoms with Crippen LogP contribution in [0.1, 0.15) is 57.9 Å². The van der Waals surface area contributed by atoms with Crippen molar-refractivity contribution < 1.29 is 22.8 Å². The highest BCUT2D eigenvalue weighted by molar-refractivity contribution is 5.91. The number of amides is 2. The van der Waals surface area contributed by atoms with Gasteiger partial charge in [0.15, 0.2) is 0 Å².